The van der Waals surface area contributed by atoms with Gasteiger partial charge in [-0.3, -0.25) is 10.1 Å². The summed E-state index contributed by atoms with van der Waals surface area (Å²) in [6, 6.07) is 3.53. The molecule has 0 aromatic carbocycles. The number of fused-ring (bicyclic) bond motifs is 1. The van der Waals surface area contributed by atoms with Gasteiger partial charge in [-0.05, 0) is 37.8 Å². The monoisotopic (exact) mass is 318 g/mol. The molecule has 2 aromatic heterocycles. The number of nitrogens with one attached hydrogen (secondary N) is 1. The van der Waals surface area contributed by atoms with E-state index in [1.54, 1.807) is 23.5 Å². The fraction of sp³-hybridized carbons (Fsp3) is 0.333. The lowest BCUT2D eigenvalue weighted by Crippen LogP contribution is -2.09. The highest BCUT2D eigenvalue weighted by atomic mass is 32.1. The number of amides is 1. The van der Waals surface area contributed by atoms with E-state index in [0.717, 1.165) is 23.4 Å². The summed E-state index contributed by atoms with van der Waals surface area (Å²) in [4.78, 5) is 19.4. The molecule has 0 bridgehead atoms. The third-order valence-corrected chi connectivity index (χ3v) is 5.26. The van der Waals surface area contributed by atoms with Gasteiger partial charge in [0.15, 0.2) is 5.13 Å². The topological polar surface area (TPSA) is 62.2 Å². The van der Waals surface area contributed by atoms with Crippen LogP contribution in [-0.2, 0) is 12.8 Å². The van der Waals surface area contributed by atoms with E-state index in [0.29, 0.717) is 10.0 Å². The molecule has 4 nitrogen and oxygen atoms in total. The number of nitrogens with zero attached hydrogens (tertiary/aromatic N) is 1. The molecule has 0 aliphatic heterocycles. The van der Waals surface area contributed by atoms with Gasteiger partial charge < -0.3 is 5.11 Å². The molecular formula is C15H14N2O2S2. The number of carbonyl (C=O) groups is 1. The average Bonchev–Trinajstić information content (AvgIpc) is 3.11. The molecule has 108 valence electrons. The maximum atomic E-state index is 12.2. The summed E-state index contributed by atoms with van der Waals surface area (Å²) in [7, 11) is 0. The molecule has 0 spiro atoms. The number of aromatic nitrogens is 1. The van der Waals surface area contributed by atoms with Crippen molar-refractivity contribution in [2.75, 3.05) is 11.9 Å². The van der Waals surface area contributed by atoms with E-state index in [1.165, 1.54) is 29.1 Å². The van der Waals surface area contributed by atoms with Crippen molar-refractivity contribution in [2.45, 2.75) is 25.7 Å². The lowest BCUT2D eigenvalue weighted by molar-refractivity contribution is 0.103. The summed E-state index contributed by atoms with van der Waals surface area (Å²) in [6.07, 6.45) is 4.48. The SMILES string of the molecule is O=C(Nc1nc2c(s1)CCCC2)c1ccc(C#CCO)s1. The quantitative estimate of drug-likeness (QED) is 0.837. The third-order valence-electron chi connectivity index (χ3n) is 3.19. The number of anilines is 1. The predicted molar refractivity (Wildman–Crippen MR) is 85.0 cm³/mol. The molecule has 1 amide bonds. The molecular weight excluding hydrogens is 304 g/mol. The molecule has 0 saturated carbocycles. The molecule has 2 aromatic rings. The number of thiophene rings is 1. The zero-order valence-corrected chi connectivity index (χ0v) is 12.9. The van der Waals surface area contributed by atoms with Crippen LogP contribution in [0.5, 0.6) is 0 Å². The second-order valence-electron chi connectivity index (χ2n) is 4.67. The molecule has 0 unspecified atom stereocenters. The first-order valence-corrected chi connectivity index (χ1v) is 8.39. The summed E-state index contributed by atoms with van der Waals surface area (Å²) < 4.78 is 0. The molecule has 0 saturated heterocycles. The Morgan fingerprint density at radius 3 is 3.00 bits per heavy atom. The summed E-state index contributed by atoms with van der Waals surface area (Å²) >= 11 is 2.89. The van der Waals surface area contributed by atoms with Gasteiger partial charge >= 0.3 is 0 Å². The Bertz CT molecular complexity index is 698. The zero-order valence-electron chi connectivity index (χ0n) is 11.3. The first kappa shape index (κ1) is 14.3. The fourth-order valence-electron chi connectivity index (χ4n) is 2.22. The van der Waals surface area contributed by atoms with Crippen molar-refractivity contribution in [3.05, 3.63) is 32.5 Å². The Balaban J connectivity index is 1.71. The standard InChI is InChI=1S/C15H14N2O2S2/c18-9-3-4-10-7-8-13(20-10)14(19)17-15-16-11-5-1-2-6-12(11)21-15/h7-8,18H,1-2,5-6,9H2,(H,16,17,19). The second kappa shape index (κ2) is 6.39. The summed E-state index contributed by atoms with van der Waals surface area (Å²) in [6.45, 7) is -0.176. The normalized spacial score (nSPS) is 13.2. The maximum absolute atomic E-state index is 12.2. The smallest absolute Gasteiger partial charge is 0.267 e. The minimum Gasteiger partial charge on any atom is -0.384 e. The fourth-order valence-corrected chi connectivity index (χ4v) is 4.04. The van der Waals surface area contributed by atoms with Crippen molar-refractivity contribution in [1.82, 2.24) is 4.98 Å². The van der Waals surface area contributed by atoms with E-state index in [1.807, 2.05) is 0 Å². The first-order chi connectivity index (χ1) is 10.3. The number of aliphatic hydroxyl groups excluding tert-OH is 1. The van der Waals surface area contributed by atoms with E-state index in [9.17, 15) is 4.79 Å². The number of carbonyl (C=O) groups excluding carboxylic acids is 1. The Morgan fingerprint density at radius 2 is 2.19 bits per heavy atom. The Kier molecular flexibility index (Phi) is 4.34. The predicted octanol–water partition coefficient (Wildman–Crippen LogP) is 2.68. The minimum absolute atomic E-state index is 0.150. The van der Waals surface area contributed by atoms with Gasteiger partial charge in [0.25, 0.3) is 5.91 Å². The van der Waals surface area contributed by atoms with Gasteiger partial charge in [0, 0.05) is 4.88 Å². The Labute approximate surface area is 130 Å². The molecule has 0 radical (unpaired) electrons. The Hall–Kier alpha value is -1.68. The molecule has 2 N–H and O–H groups in total. The van der Waals surface area contributed by atoms with E-state index in [-0.39, 0.29) is 12.5 Å². The van der Waals surface area contributed by atoms with Crippen LogP contribution in [-0.4, -0.2) is 22.6 Å². The van der Waals surface area contributed by atoms with Gasteiger partial charge in [0.2, 0.25) is 0 Å². The number of aliphatic hydroxyl groups is 1. The van der Waals surface area contributed by atoms with Crippen LogP contribution in [0.4, 0.5) is 5.13 Å². The van der Waals surface area contributed by atoms with Crippen LogP contribution in [0.1, 0.15) is 38.0 Å². The van der Waals surface area contributed by atoms with Crippen molar-refractivity contribution < 1.29 is 9.90 Å². The number of aryl methyl sites for hydroxylation is 2. The maximum Gasteiger partial charge on any atom is 0.267 e. The van der Waals surface area contributed by atoms with Crippen LogP contribution >= 0.6 is 22.7 Å². The summed E-state index contributed by atoms with van der Waals surface area (Å²) in [5.41, 5.74) is 1.14. The molecule has 21 heavy (non-hydrogen) atoms. The molecule has 2 heterocycles. The van der Waals surface area contributed by atoms with Crippen LogP contribution in [0.25, 0.3) is 0 Å². The number of hydrogen-bond acceptors (Lipinski definition) is 5. The third kappa shape index (κ3) is 3.32. The molecule has 1 aliphatic rings. The van der Waals surface area contributed by atoms with Crippen molar-refractivity contribution >= 4 is 33.7 Å². The van der Waals surface area contributed by atoms with Crippen LogP contribution in [0.3, 0.4) is 0 Å². The molecule has 6 heteroatoms. The van der Waals surface area contributed by atoms with Crippen molar-refractivity contribution in [3.8, 4) is 11.8 Å². The van der Waals surface area contributed by atoms with E-state index in [2.05, 4.69) is 22.1 Å². The molecule has 0 fully saturated rings. The molecule has 1 aliphatic carbocycles. The first-order valence-electron chi connectivity index (χ1n) is 6.76. The largest absolute Gasteiger partial charge is 0.384 e. The van der Waals surface area contributed by atoms with E-state index >= 15 is 0 Å². The zero-order chi connectivity index (χ0) is 14.7. The van der Waals surface area contributed by atoms with Gasteiger partial charge in [-0.25, -0.2) is 4.98 Å². The summed E-state index contributed by atoms with van der Waals surface area (Å²) in [5.74, 6) is 5.22. The van der Waals surface area contributed by atoms with Crippen molar-refractivity contribution in [1.29, 1.82) is 0 Å². The molecule has 3 rings (SSSR count). The lowest BCUT2D eigenvalue weighted by atomic mass is 10.0. The van der Waals surface area contributed by atoms with Gasteiger partial charge in [-0.2, -0.15) is 0 Å². The van der Waals surface area contributed by atoms with E-state index in [4.69, 9.17) is 5.11 Å². The second-order valence-corrected chi connectivity index (χ2v) is 6.84. The molecule has 0 atom stereocenters. The van der Waals surface area contributed by atoms with Gasteiger partial charge in [-0.15, -0.1) is 22.7 Å². The highest BCUT2D eigenvalue weighted by Crippen LogP contribution is 2.30. The Morgan fingerprint density at radius 1 is 1.33 bits per heavy atom. The van der Waals surface area contributed by atoms with Gasteiger partial charge in [0.1, 0.15) is 6.61 Å². The highest BCUT2D eigenvalue weighted by molar-refractivity contribution is 7.16. The lowest BCUT2D eigenvalue weighted by Gasteiger charge is -2.06. The average molecular weight is 318 g/mol. The van der Waals surface area contributed by atoms with Crippen LogP contribution in [0, 0.1) is 11.8 Å². The number of thiazole rings is 1. The minimum atomic E-state index is -0.176. The van der Waals surface area contributed by atoms with E-state index < -0.39 is 0 Å². The van der Waals surface area contributed by atoms with Crippen LogP contribution in [0.2, 0.25) is 0 Å². The highest BCUT2D eigenvalue weighted by Gasteiger charge is 2.17. The van der Waals surface area contributed by atoms with Crippen LogP contribution < -0.4 is 5.32 Å². The van der Waals surface area contributed by atoms with Gasteiger partial charge in [0.05, 0.1) is 15.4 Å². The number of hydrogen-bond donors (Lipinski definition) is 2. The van der Waals surface area contributed by atoms with Crippen LogP contribution in [0.15, 0.2) is 12.1 Å². The van der Waals surface area contributed by atoms with Gasteiger partial charge in [-0.1, -0.05) is 11.8 Å². The summed E-state index contributed by atoms with van der Waals surface area (Å²) in [5, 5.41) is 12.2. The van der Waals surface area contributed by atoms with Crippen molar-refractivity contribution in [2.24, 2.45) is 0 Å². The van der Waals surface area contributed by atoms with Crippen molar-refractivity contribution in [3.63, 3.8) is 0 Å². The number of rotatable bonds is 2.